The summed E-state index contributed by atoms with van der Waals surface area (Å²) in [6.45, 7) is 2.13. The first-order chi connectivity index (χ1) is 5.29. The highest BCUT2D eigenvalue weighted by Gasteiger charge is 2.40. The van der Waals surface area contributed by atoms with Gasteiger partial charge in [-0.2, -0.15) is 0 Å². The van der Waals surface area contributed by atoms with Gasteiger partial charge >= 0.3 is 0 Å². The molecule has 2 nitrogen and oxygen atoms in total. The molecule has 1 unspecified atom stereocenters. The van der Waals surface area contributed by atoms with Gasteiger partial charge in [0.25, 0.3) is 0 Å². The minimum atomic E-state index is 0.308. The largest absolute Gasteiger partial charge is 0.353 e. The number of carbonyl (C=O) groups is 1. The summed E-state index contributed by atoms with van der Waals surface area (Å²) in [5, 5.41) is 3.02. The average Bonchev–Trinajstić information content (AvgIpc) is 2.30. The molecule has 0 aromatic heterocycles. The monoisotopic (exact) mass is 153 g/mol. The van der Waals surface area contributed by atoms with E-state index in [2.05, 4.69) is 12.2 Å². The maximum atomic E-state index is 11.3. The van der Waals surface area contributed by atoms with Crippen molar-refractivity contribution in [1.29, 1.82) is 0 Å². The Labute approximate surface area is 67.4 Å². The Morgan fingerprint density at radius 2 is 2.09 bits per heavy atom. The Hall–Kier alpha value is -0.530. The molecule has 62 valence electrons. The standard InChI is InChI=1S/C9H15NO/c1-6-7-4-2-3-5-8(7)9(11)10-6/h6-8H,2-5H2,1H3,(H,10,11)/t6-,7?,8+/m1/s1. The van der Waals surface area contributed by atoms with Gasteiger partial charge in [-0.05, 0) is 25.7 Å². The van der Waals surface area contributed by atoms with E-state index in [0.717, 1.165) is 6.42 Å². The van der Waals surface area contributed by atoms with Crippen molar-refractivity contribution in [2.24, 2.45) is 11.8 Å². The topological polar surface area (TPSA) is 29.1 Å². The third-order valence-electron chi connectivity index (χ3n) is 3.17. The van der Waals surface area contributed by atoms with E-state index in [1.165, 1.54) is 19.3 Å². The first kappa shape index (κ1) is 7.14. The first-order valence-electron chi connectivity index (χ1n) is 4.59. The van der Waals surface area contributed by atoms with Crippen molar-refractivity contribution >= 4 is 5.91 Å². The van der Waals surface area contributed by atoms with Crippen LogP contribution in [0, 0.1) is 11.8 Å². The summed E-state index contributed by atoms with van der Waals surface area (Å²) in [4.78, 5) is 11.3. The van der Waals surface area contributed by atoms with Crippen molar-refractivity contribution in [3.8, 4) is 0 Å². The molecule has 1 aliphatic carbocycles. The van der Waals surface area contributed by atoms with E-state index in [1.807, 2.05) is 0 Å². The molecule has 0 aromatic rings. The zero-order valence-corrected chi connectivity index (χ0v) is 6.97. The van der Waals surface area contributed by atoms with Gasteiger partial charge in [0.2, 0.25) is 5.91 Å². The predicted molar refractivity (Wildman–Crippen MR) is 43.1 cm³/mol. The lowest BCUT2D eigenvalue weighted by Crippen LogP contribution is -2.25. The van der Waals surface area contributed by atoms with E-state index in [4.69, 9.17) is 0 Å². The van der Waals surface area contributed by atoms with Crippen LogP contribution in [0.2, 0.25) is 0 Å². The molecule has 2 fully saturated rings. The zero-order chi connectivity index (χ0) is 7.84. The highest BCUT2D eigenvalue weighted by atomic mass is 16.2. The van der Waals surface area contributed by atoms with Crippen LogP contribution in [0.4, 0.5) is 0 Å². The molecule has 0 spiro atoms. The van der Waals surface area contributed by atoms with Crippen LogP contribution >= 0.6 is 0 Å². The quantitative estimate of drug-likeness (QED) is 0.558. The third-order valence-corrected chi connectivity index (χ3v) is 3.17. The number of carbonyl (C=O) groups excluding carboxylic acids is 1. The summed E-state index contributed by atoms with van der Waals surface area (Å²) in [6.07, 6.45) is 4.95. The van der Waals surface area contributed by atoms with Crippen molar-refractivity contribution in [2.45, 2.75) is 38.6 Å². The van der Waals surface area contributed by atoms with Crippen molar-refractivity contribution < 1.29 is 4.79 Å². The van der Waals surface area contributed by atoms with Crippen LogP contribution < -0.4 is 5.32 Å². The lowest BCUT2D eigenvalue weighted by molar-refractivity contribution is -0.123. The van der Waals surface area contributed by atoms with E-state index in [0.29, 0.717) is 23.8 Å². The van der Waals surface area contributed by atoms with Gasteiger partial charge in [0.15, 0.2) is 0 Å². The van der Waals surface area contributed by atoms with Gasteiger partial charge in [0.1, 0.15) is 0 Å². The number of rotatable bonds is 0. The third kappa shape index (κ3) is 1.05. The van der Waals surface area contributed by atoms with Crippen LogP contribution in [0.3, 0.4) is 0 Å². The minimum Gasteiger partial charge on any atom is -0.353 e. The highest BCUT2D eigenvalue weighted by Crippen LogP contribution is 2.36. The van der Waals surface area contributed by atoms with E-state index in [1.54, 1.807) is 0 Å². The van der Waals surface area contributed by atoms with Crippen LogP contribution in [0.15, 0.2) is 0 Å². The molecule has 2 aliphatic rings. The maximum Gasteiger partial charge on any atom is 0.223 e. The summed E-state index contributed by atoms with van der Waals surface area (Å²) in [6, 6.07) is 0.438. The molecule has 2 rings (SSSR count). The number of fused-ring (bicyclic) bond motifs is 1. The molecular weight excluding hydrogens is 138 g/mol. The lowest BCUT2D eigenvalue weighted by atomic mass is 9.79. The maximum absolute atomic E-state index is 11.3. The van der Waals surface area contributed by atoms with Crippen LogP contribution in [-0.4, -0.2) is 11.9 Å². The summed E-state index contributed by atoms with van der Waals surface area (Å²) in [5.41, 5.74) is 0. The molecule has 1 aliphatic heterocycles. The fourth-order valence-electron chi connectivity index (χ4n) is 2.52. The number of amides is 1. The predicted octanol–water partition coefficient (Wildman–Crippen LogP) is 1.31. The van der Waals surface area contributed by atoms with E-state index < -0.39 is 0 Å². The second-order valence-corrected chi connectivity index (χ2v) is 3.85. The number of nitrogens with one attached hydrogen (secondary N) is 1. The Morgan fingerprint density at radius 1 is 1.36 bits per heavy atom. The van der Waals surface area contributed by atoms with E-state index in [9.17, 15) is 4.79 Å². The molecule has 0 aromatic carbocycles. The van der Waals surface area contributed by atoms with Crippen LogP contribution in [0.5, 0.6) is 0 Å². The molecule has 1 saturated carbocycles. The van der Waals surface area contributed by atoms with E-state index in [-0.39, 0.29) is 0 Å². The first-order valence-corrected chi connectivity index (χ1v) is 4.59. The minimum absolute atomic E-state index is 0.308. The molecule has 1 N–H and O–H groups in total. The second kappa shape index (κ2) is 2.50. The van der Waals surface area contributed by atoms with Crippen molar-refractivity contribution in [3.63, 3.8) is 0 Å². The van der Waals surface area contributed by atoms with Gasteiger partial charge < -0.3 is 5.32 Å². The van der Waals surface area contributed by atoms with E-state index >= 15 is 0 Å². The molecule has 2 heteroatoms. The van der Waals surface area contributed by atoms with Crippen molar-refractivity contribution in [3.05, 3.63) is 0 Å². The fraction of sp³-hybridized carbons (Fsp3) is 0.889. The summed E-state index contributed by atoms with van der Waals surface area (Å²) in [7, 11) is 0. The van der Waals surface area contributed by atoms with Gasteiger partial charge in [0.05, 0.1) is 0 Å². The van der Waals surface area contributed by atoms with Gasteiger partial charge in [0, 0.05) is 12.0 Å². The summed E-state index contributed by atoms with van der Waals surface area (Å²) < 4.78 is 0. The second-order valence-electron chi connectivity index (χ2n) is 3.85. The molecule has 1 saturated heterocycles. The van der Waals surface area contributed by atoms with Crippen molar-refractivity contribution in [2.75, 3.05) is 0 Å². The Morgan fingerprint density at radius 3 is 2.82 bits per heavy atom. The molecular formula is C9H15NO. The lowest BCUT2D eigenvalue weighted by Gasteiger charge is -2.24. The number of hydrogen-bond donors (Lipinski definition) is 1. The highest BCUT2D eigenvalue weighted by molar-refractivity contribution is 5.81. The normalized spacial score (nSPS) is 43.4. The Balaban J connectivity index is 2.13. The molecule has 0 radical (unpaired) electrons. The molecule has 1 amide bonds. The SMILES string of the molecule is C[C@H]1NC(=O)[C@H]2CCCCC21. The average molecular weight is 153 g/mol. The van der Waals surface area contributed by atoms with Gasteiger partial charge in [-0.15, -0.1) is 0 Å². The molecule has 1 heterocycles. The van der Waals surface area contributed by atoms with Crippen molar-refractivity contribution in [1.82, 2.24) is 5.32 Å². The van der Waals surface area contributed by atoms with Crippen LogP contribution in [0.1, 0.15) is 32.6 Å². The summed E-state index contributed by atoms with van der Waals surface area (Å²) in [5.74, 6) is 1.32. The smallest absolute Gasteiger partial charge is 0.223 e. The number of hydrogen-bond acceptors (Lipinski definition) is 1. The molecule has 11 heavy (non-hydrogen) atoms. The van der Waals surface area contributed by atoms with Gasteiger partial charge in [-0.3, -0.25) is 4.79 Å². The summed E-state index contributed by atoms with van der Waals surface area (Å²) >= 11 is 0. The Bertz CT molecular complexity index is 178. The van der Waals surface area contributed by atoms with Crippen LogP contribution in [-0.2, 0) is 4.79 Å². The zero-order valence-electron chi connectivity index (χ0n) is 6.97. The van der Waals surface area contributed by atoms with Gasteiger partial charge in [-0.25, -0.2) is 0 Å². The molecule has 3 atom stereocenters. The Kier molecular flexibility index (Phi) is 1.63. The van der Waals surface area contributed by atoms with Crippen LogP contribution in [0.25, 0.3) is 0 Å². The van der Waals surface area contributed by atoms with Gasteiger partial charge in [-0.1, -0.05) is 12.8 Å². The fourth-order valence-corrected chi connectivity index (χ4v) is 2.52. The molecule has 0 bridgehead atoms.